The smallest absolute Gasteiger partial charge is 0.417 e. The maximum atomic E-state index is 12.7. The Labute approximate surface area is 99.1 Å². The lowest BCUT2D eigenvalue weighted by Gasteiger charge is -2.11. The zero-order valence-corrected chi connectivity index (χ0v) is 8.82. The number of carbonyl (C=O) groups is 1. The summed E-state index contributed by atoms with van der Waals surface area (Å²) in [5, 5.41) is 8.73. The number of nitrogens with zero attached hydrogens (tertiary/aromatic N) is 1. The van der Waals surface area contributed by atoms with Gasteiger partial charge in [-0.15, -0.1) is 0 Å². The van der Waals surface area contributed by atoms with Gasteiger partial charge in [0.15, 0.2) is 0 Å². The standard InChI is InChI=1S/C11H7F3N2O2/c12-11(13,14)8-5-6(9-15-3-4-16-9)1-2-7(8)10(17)18/h1-5H,(H,15,16)(H,17,18). The Bertz CT molecular complexity index is 576. The minimum absolute atomic E-state index is 0.178. The van der Waals surface area contributed by atoms with Crippen molar-refractivity contribution < 1.29 is 23.1 Å². The van der Waals surface area contributed by atoms with Gasteiger partial charge >= 0.3 is 12.1 Å². The lowest BCUT2D eigenvalue weighted by Crippen LogP contribution is -2.13. The summed E-state index contributed by atoms with van der Waals surface area (Å²) in [6.45, 7) is 0. The summed E-state index contributed by atoms with van der Waals surface area (Å²) in [6.07, 6.45) is -1.86. The van der Waals surface area contributed by atoms with Gasteiger partial charge in [-0.25, -0.2) is 9.78 Å². The van der Waals surface area contributed by atoms with E-state index in [-0.39, 0.29) is 11.4 Å². The maximum absolute atomic E-state index is 12.7. The van der Waals surface area contributed by atoms with Gasteiger partial charge < -0.3 is 10.1 Å². The van der Waals surface area contributed by atoms with Gasteiger partial charge in [-0.05, 0) is 12.1 Å². The molecule has 7 heteroatoms. The highest BCUT2D eigenvalue weighted by molar-refractivity contribution is 5.90. The van der Waals surface area contributed by atoms with Crippen LogP contribution < -0.4 is 0 Å². The third-order valence-corrected chi connectivity index (χ3v) is 2.33. The highest BCUT2D eigenvalue weighted by Crippen LogP contribution is 2.34. The van der Waals surface area contributed by atoms with Crippen LogP contribution in [-0.4, -0.2) is 21.0 Å². The normalized spacial score (nSPS) is 11.5. The van der Waals surface area contributed by atoms with Crippen LogP contribution in [-0.2, 0) is 6.18 Å². The highest BCUT2D eigenvalue weighted by atomic mass is 19.4. The van der Waals surface area contributed by atoms with Crippen molar-refractivity contribution in [1.29, 1.82) is 0 Å². The molecule has 0 atom stereocenters. The molecule has 0 aliphatic heterocycles. The number of halogens is 3. The molecule has 0 saturated heterocycles. The van der Waals surface area contributed by atoms with Gasteiger partial charge in [0, 0.05) is 18.0 Å². The molecule has 94 valence electrons. The molecule has 0 saturated carbocycles. The Kier molecular flexibility index (Phi) is 2.82. The Balaban J connectivity index is 2.60. The molecule has 0 aliphatic rings. The van der Waals surface area contributed by atoms with E-state index in [2.05, 4.69) is 9.97 Å². The molecule has 0 radical (unpaired) electrons. The number of carboxylic acid groups (broad SMARTS) is 1. The fraction of sp³-hybridized carbons (Fsp3) is 0.0909. The largest absolute Gasteiger partial charge is 0.478 e. The number of aromatic amines is 1. The summed E-state index contributed by atoms with van der Waals surface area (Å²) in [5.41, 5.74) is -1.79. The number of benzene rings is 1. The SMILES string of the molecule is O=C(O)c1ccc(-c2ncc[nH]2)cc1C(F)(F)F. The van der Waals surface area contributed by atoms with Gasteiger partial charge in [0.25, 0.3) is 0 Å². The van der Waals surface area contributed by atoms with Crippen molar-refractivity contribution in [3.05, 3.63) is 41.7 Å². The van der Waals surface area contributed by atoms with Gasteiger partial charge in [-0.1, -0.05) is 6.07 Å². The van der Waals surface area contributed by atoms with Crippen LogP contribution in [0.15, 0.2) is 30.6 Å². The number of nitrogens with one attached hydrogen (secondary N) is 1. The molecule has 2 N–H and O–H groups in total. The van der Waals surface area contributed by atoms with E-state index in [9.17, 15) is 18.0 Å². The Morgan fingerprint density at radius 3 is 2.56 bits per heavy atom. The van der Waals surface area contributed by atoms with Gasteiger partial charge in [0.2, 0.25) is 0 Å². The maximum Gasteiger partial charge on any atom is 0.417 e. The van der Waals surface area contributed by atoms with E-state index in [0.717, 1.165) is 12.1 Å². The van der Waals surface area contributed by atoms with E-state index < -0.39 is 23.3 Å². The molecule has 1 aromatic heterocycles. The molecule has 0 aliphatic carbocycles. The number of alkyl halides is 3. The number of carboxylic acids is 1. The molecule has 0 fully saturated rings. The molecule has 0 spiro atoms. The first-order valence-electron chi connectivity index (χ1n) is 4.84. The molecule has 0 bridgehead atoms. The number of rotatable bonds is 2. The van der Waals surface area contributed by atoms with Crippen molar-refractivity contribution in [2.45, 2.75) is 6.18 Å². The summed E-state index contributed by atoms with van der Waals surface area (Å²) in [6, 6.07) is 2.96. The summed E-state index contributed by atoms with van der Waals surface area (Å²) in [5.74, 6) is -1.37. The minimum atomic E-state index is -4.73. The third kappa shape index (κ3) is 2.20. The van der Waals surface area contributed by atoms with Crippen molar-refractivity contribution >= 4 is 5.97 Å². The number of aromatic nitrogens is 2. The number of hydrogen-bond donors (Lipinski definition) is 2. The van der Waals surface area contributed by atoms with Gasteiger partial charge in [-0.3, -0.25) is 0 Å². The zero-order chi connectivity index (χ0) is 13.3. The predicted molar refractivity (Wildman–Crippen MR) is 56.0 cm³/mol. The molecular weight excluding hydrogens is 249 g/mol. The van der Waals surface area contributed by atoms with E-state index in [1.54, 1.807) is 0 Å². The lowest BCUT2D eigenvalue weighted by molar-refractivity contribution is -0.138. The summed E-state index contributed by atoms with van der Waals surface area (Å²) < 4.78 is 38.2. The molecule has 4 nitrogen and oxygen atoms in total. The second-order valence-corrected chi connectivity index (χ2v) is 3.50. The average Bonchev–Trinajstić information content (AvgIpc) is 2.80. The van der Waals surface area contributed by atoms with Crippen LogP contribution in [0.25, 0.3) is 11.4 Å². The number of hydrogen-bond acceptors (Lipinski definition) is 2. The van der Waals surface area contributed by atoms with E-state index in [1.165, 1.54) is 18.5 Å². The Hall–Kier alpha value is -2.31. The molecule has 2 rings (SSSR count). The zero-order valence-electron chi connectivity index (χ0n) is 8.82. The molecule has 2 aromatic rings. The van der Waals surface area contributed by atoms with Crippen molar-refractivity contribution in [2.75, 3.05) is 0 Å². The highest BCUT2D eigenvalue weighted by Gasteiger charge is 2.35. The summed E-state index contributed by atoms with van der Waals surface area (Å²) in [4.78, 5) is 17.2. The van der Waals surface area contributed by atoms with E-state index in [0.29, 0.717) is 0 Å². The van der Waals surface area contributed by atoms with E-state index in [4.69, 9.17) is 5.11 Å². The Morgan fingerprint density at radius 1 is 1.33 bits per heavy atom. The molecule has 0 unspecified atom stereocenters. The van der Waals surface area contributed by atoms with Crippen LogP contribution in [0.4, 0.5) is 13.2 Å². The Morgan fingerprint density at radius 2 is 2.06 bits per heavy atom. The van der Waals surface area contributed by atoms with E-state index >= 15 is 0 Å². The number of imidazole rings is 1. The number of H-pyrrole nitrogens is 1. The fourth-order valence-electron chi connectivity index (χ4n) is 1.54. The van der Waals surface area contributed by atoms with Crippen LogP contribution in [0.5, 0.6) is 0 Å². The molecule has 0 amide bonds. The minimum Gasteiger partial charge on any atom is -0.478 e. The summed E-state index contributed by atoms with van der Waals surface area (Å²) >= 11 is 0. The van der Waals surface area contributed by atoms with Crippen LogP contribution in [0, 0.1) is 0 Å². The summed E-state index contributed by atoms with van der Waals surface area (Å²) in [7, 11) is 0. The van der Waals surface area contributed by atoms with Gasteiger partial charge in [0.05, 0.1) is 11.1 Å². The van der Waals surface area contributed by atoms with Gasteiger partial charge in [0.1, 0.15) is 5.82 Å². The molecular formula is C11H7F3N2O2. The van der Waals surface area contributed by atoms with Crippen molar-refractivity contribution in [3.8, 4) is 11.4 Å². The van der Waals surface area contributed by atoms with Crippen molar-refractivity contribution in [2.24, 2.45) is 0 Å². The fourth-order valence-corrected chi connectivity index (χ4v) is 1.54. The van der Waals surface area contributed by atoms with Crippen molar-refractivity contribution in [1.82, 2.24) is 9.97 Å². The lowest BCUT2D eigenvalue weighted by atomic mass is 10.0. The predicted octanol–water partition coefficient (Wildman–Crippen LogP) is 2.79. The van der Waals surface area contributed by atoms with Crippen molar-refractivity contribution in [3.63, 3.8) is 0 Å². The first-order chi connectivity index (χ1) is 8.39. The first kappa shape index (κ1) is 12.2. The second kappa shape index (κ2) is 4.17. The third-order valence-electron chi connectivity index (χ3n) is 2.33. The van der Waals surface area contributed by atoms with E-state index in [1.807, 2.05) is 0 Å². The van der Waals surface area contributed by atoms with Gasteiger partial charge in [-0.2, -0.15) is 13.2 Å². The van der Waals surface area contributed by atoms with Crippen LogP contribution in [0.3, 0.4) is 0 Å². The average molecular weight is 256 g/mol. The molecule has 18 heavy (non-hydrogen) atoms. The second-order valence-electron chi connectivity index (χ2n) is 3.50. The molecule has 1 aromatic carbocycles. The van der Waals surface area contributed by atoms with Crippen LogP contribution >= 0.6 is 0 Å². The monoisotopic (exact) mass is 256 g/mol. The van der Waals surface area contributed by atoms with Crippen LogP contribution in [0.2, 0.25) is 0 Å². The molecule has 1 heterocycles. The van der Waals surface area contributed by atoms with Crippen LogP contribution in [0.1, 0.15) is 15.9 Å². The topological polar surface area (TPSA) is 66.0 Å². The number of aromatic carboxylic acids is 1. The first-order valence-corrected chi connectivity index (χ1v) is 4.84. The quantitative estimate of drug-likeness (QED) is 0.868.